The molecule has 33 heavy (non-hydrogen) atoms. The second kappa shape index (κ2) is 9.03. The predicted molar refractivity (Wildman–Crippen MR) is 118 cm³/mol. The van der Waals surface area contributed by atoms with Crippen molar-refractivity contribution in [1.82, 2.24) is 19.3 Å². The van der Waals surface area contributed by atoms with E-state index in [9.17, 15) is 19.3 Å². The van der Waals surface area contributed by atoms with Crippen LogP contribution in [0.5, 0.6) is 0 Å². The number of benzene rings is 2. The van der Waals surface area contributed by atoms with Crippen LogP contribution in [0.15, 0.2) is 60.8 Å². The first-order chi connectivity index (χ1) is 15.8. The zero-order valence-electron chi connectivity index (χ0n) is 17.9. The Morgan fingerprint density at radius 3 is 2.48 bits per heavy atom. The molecule has 2 aromatic carbocycles. The first-order valence-electron chi connectivity index (χ1n) is 10.1. The number of rotatable bonds is 7. The van der Waals surface area contributed by atoms with Gasteiger partial charge in [0.05, 0.1) is 11.4 Å². The van der Waals surface area contributed by atoms with Gasteiger partial charge in [-0.2, -0.15) is 5.10 Å². The van der Waals surface area contributed by atoms with Crippen LogP contribution in [0.4, 0.5) is 10.2 Å². The Bertz CT molecular complexity index is 1250. The van der Waals surface area contributed by atoms with Gasteiger partial charge in [0.1, 0.15) is 25.2 Å². The highest BCUT2D eigenvalue weighted by molar-refractivity contribution is 5.89. The van der Waals surface area contributed by atoms with E-state index in [4.69, 9.17) is 4.74 Å². The number of nitro groups is 1. The number of aryl methyl sites for hydroxylation is 2. The quantitative estimate of drug-likeness (QED) is 0.237. The third-order valence-corrected chi connectivity index (χ3v) is 5.11. The number of esters is 1. The van der Waals surface area contributed by atoms with Crippen LogP contribution in [0.3, 0.4) is 0 Å². The molecule has 0 amide bonds. The largest absolute Gasteiger partial charge is 0.457 e. The monoisotopic (exact) mass is 449 g/mol. The van der Waals surface area contributed by atoms with Crippen molar-refractivity contribution in [3.63, 3.8) is 0 Å². The lowest BCUT2D eigenvalue weighted by molar-refractivity contribution is -0.392. The van der Waals surface area contributed by atoms with Gasteiger partial charge in [-0.15, -0.1) is 0 Å². The summed E-state index contributed by atoms with van der Waals surface area (Å²) in [7, 11) is 0. The molecule has 0 saturated heterocycles. The van der Waals surface area contributed by atoms with Crippen LogP contribution in [0, 0.1) is 29.8 Å². The second-order valence-corrected chi connectivity index (χ2v) is 7.38. The summed E-state index contributed by atoms with van der Waals surface area (Å²) in [6, 6.07) is 15.0. The number of carbonyl (C=O) groups is 1. The molecule has 0 bridgehead atoms. The molecule has 168 valence electrons. The number of hydrogen-bond donors (Lipinski definition) is 0. The highest BCUT2D eigenvalue weighted by Gasteiger charge is 2.20. The lowest BCUT2D eigenvalue weighted by Crippen LogP contribution is -2.14. The second-order valence-electron chi connectivity index (χ2n) is 7.38. The SMILES string of the molecule is Cc1ccc(-n2nc(C(=O)OCCn3c([N+](=O)[O-])cnc3C)cc2-c2ccc(F)cc2)cc1. The van der Waals surface area contributed by atoms with Crippen LogP contribution in [0.25, 0.3) is 16.9 Å². The minimum atomic E-state index is -0.676. The molecule has 0 spiro atoms. The minimum absolute atomic E-state index is 0.0618. The molecule has 2 aromatic heterocycles. The Morgan fingerprint density at radius 2 is 1.82 bits per heavy atom. The van der Waals surface area contributed by atoms with Crippen LogP contribution in [0.1, 0.15) is 21.9 Å². The Hall–Kier alpha value is -4.34. The van der Waals surface area contributed by atoms with Gasteiger partial charge >= 0.3 is 11.8 Å². The zero-order valence-corrected chi connectivity index (χ0v) is 17.9. The average Bonchev–Trinajstić information content (AvgIpc) is 3.39. The van der Waals surface area contributed by atoms with E-state index in [1.54, 1.807) is 29.8 Å². The molecule has 0 saturated carbocycles. The predicted octanol–water partition coefficient (Wildman–Crippen LogP) is 4.26. The van der Waals surface area contributed by atoms with Gasteiger partial charge in [0.2, 0.25) is 0 Å². The summed E-state index contributed by atoms with van der Waals surface area (Å²) >= 11 is 0. The van der Waals surface area contributed by atoms with Gasteiger partial charge in [-0.05, 0) is 54.3 Å². The van der Waals surface area contributed by atoms with E-state index in [0.29, 0.717) is 17.1 Å². The van der Waals surface area contributed by atoms with Gasteiger partial charge < -0.3 is 14.9 Å². The normalized spacial score (nSPS) is 10.9. The van der Waals surface area contributed by atoms with E-state index >= 15 is 0 Å². The standard InChI is InChI=1S/C23H20FN5O4/c1-15-3-9-19(10-4-15)28-21(17-5-7-18(24)8-6-17)13-20(26-28)23(30)33-12-11-27-16(2)25-14-22(27)29(31)32/h3-10,13-14H,11-12H2,1-2H3. The van der Waals surface area contributed by atoms with Crippen molar-refractivity contribution in [2.45, 2.75) is 20.4 Å². The molecule has 0 radical (unpaired) electrons. The highest BCUT2D eigenvalue weighted by Crippen LogP contribution is 2.25. The maximum absolute atomic E-state index is 13.4. The summed E-state index contributed by atoms with van der Waals surface area (Å²) in [4.78, 5) is 27.2. The van der Waals surface area contributed by atoms with Crippen LogP contribution >= 0.6 is 0 Å². The summed E-state index contributed by atoms with van der Waals surface area (Å²) in [6.07, 6.45) is 1.16. The topological polar surface area (TPSA) is 105 Å². The van der Waals surface area contributed by atoms with E-state index < -0.39 is 10.9 Å². The minimum Gasteiger partial charge on any atom is -0.457 e. The van der Waals surface area contributed by atoms with Crippen molar-refractivity contribution in [3.05, 3.63) is 93.8 Å². The smallest absolute Gasteiger partial charge is 0.359 e. The van der Waals surface area contributed by atoms with E-state index in [1.165, 1.54) is 16.7 Å². The highest BCUT2D eigenvalue weighted by atomic mass is 19.1. The van der Waals surface area contributed by atoms with E-state index in [2.05, 4.69) is 10.1 Å². The van der Waals surface area contributed by atoms with Gasteiger partial charge in [0.15, 0.2) is 11.5 Å². The molecule has 0 N–H and O–H groups in total. The van der Waals surface area contributed by atoms with Gasteiger partial charge in [-0.1, -0.05) is 17.7 Å². The van der Waals surface area contributed by atoms with E-state index in [1.807, 2.05) is 31.2 Å². The number of ether oxygens (including phenoxy) is 1. The lowest BCUT2D eigenvalue weighted by Gasteiger charge is -2.08. The fraction of sp³-hybridized carbons (Fsp3) is 0.174. The summed E-state index contributed by atoms with van der Waals surface area (Å²) in [5, 5.41) is 15.5. The maximum atomic E-state index is 13.4. The third-order valence-electron chi connectivity index (χ3n) is 5.11. The van der Waals surface area contributed by atoms with E-state index in [0.717, 1.165) is 17.4 Å². The van der Waals surface area contributed by atoms with Crippen molar-refractivity contribution in [1.29, 1.82) is 0 Å². The Kier molecular flexibility index (Phi) is 5.99. The molecule has 0 fully saturated rings. The van der Waals surface area contributed by atoms with Crippen molar-refractivity contribution in [3.8, 4) is 16.9 Å². The Balaban J connectivity index is 1.58. The molecular formula is C23H20FN5O4. The molecule has 0 aliphatic carbocycles. The number of aromatic nitrogens is 4. The van der Waals surface area contributed by atoms with Crippen molar-refractivity contribution >= 4 is 11.8 Å². The fourth-order valence-electron chi connectivity index (χ4n) is 3.37. The molecule has 0 aliphatic heterocycles. The van der Waals surface area contributed by atoms with Crippen LogP contribution in [0.2, 0.25) is 0 Å². The Morgan fingerprint density at radius 1 is 1.12 bits per heavy atom. The first-order valence-corrected chi connectivity index (χ1v) is 10.1. The summed E-state index contributed by atoms with van der Waals surface area (Å²) in [5.74, 6) is -0.779. The molecule has 0 unspecified atom stereocenters. The molecule has 4 rings (SSSR count). The van der Waals surface area contributed by atoms with Crippen LogP contribution in [-0.4, -0.2) is 36.8 Å². The molecular weight excluding hydrogens is 429 g/mol. The Labute approximate surface area is 188 Å². The molecule has 4 aromatic rings. The molecule has 9 nitrogen and oxygen atoms in total. The molecule has 0 atom stereocenters. The van der Waals surface area contributed by atoms with Crippen molar-refractivity contribution < 1.29 is 18.8 Å². The first kappa shape index (κ1) is 21.9. The van der Waals surface area contributed by atoms with Gasteiger partial charge in [-0.25, -0.2) is 23.4 Å². The lowest BCUT2D eigenvalue weighted by atomic mass is 10.1. The number of carbonyl (C=O) groups excluding carboxylic acids is 1. The number of nitrogens with zero attached hydrogens (tertiary/aromatic N) is 5. The average molecular weight is 449 g/mol. The van der Waals surface area contributed by atoms with Crippen molar-refractivity contribution in [2.75, 3.05) is 6.61 Å². The number of hydrogen-bond acceptors (Lipinski definition) is 6. The fourth-order valence-corrected chi connectivity index (χ4v) is 3.37. The summed E-state index contributed by atoms with van der Waals surface area (Å²) in [5.41, 5.74) is 3.12. The molecule has 0 aliphatic rings. The van der Waals surface area contributed by atoms with Crippen LogP contribution < -0.4 is 0 Å². The number of halogens is 1. The van der Waals surface area contributed by atoms with E-state index in [-0.39, 0.29) is 30.5 Å². The number of imidazole rings is 1. The molecule has 2 heterocycles. The van der Waals surface area contributed by atoms with Crippen LogP contribution in [-0.2, 0) is 11.3 Å². The van der Waals surface area contributed by atoms with Crippen molar-refractivity contribution in [2.24, 2.45) is 0 Å². The van der Waals surface area contributed by atoms with Gasteiger partial charge in [-0.3, -0.25) is 0 Å². The van der Waals surface area contributed by atoms with Gasteiger partial charge in [0.25, 0.3) is 0 Å². The van der Waals surface area contributed by atoms with Gasteiger partial charge in [0, 0.05) is 12.5 Å². The summed E-state index contributed by atoms with van der Waals surface area (Å²) < 4.78 is 21.7. The maximum Gasteiger partial charge on any atom is 0.359 e. The zero-order chi connectivity index (χ0) is 23.5. The summed E-state index contributed by atoms with van der Waals surface area (Å²) in [6.45, 7) is 3.58. The third kappa shape index (κ3) is 4.64. The molecule has 10 heteroatoms.